The van der Waals surface area contributed by atoms with Gasteiger partial charge in [-0.15, -0.1) is 0 Å². The summed E-state index contributed by atoms with van der Waals surface area (Å²) in [6.07, 6.45) is 1.71. The number of carbonyl (C=O) groups is 1. The average molecular weight is 491 g/mol. The first-order chi connectivity index (χ1) is 15.6. The zero-order valence-electron chi connectivity index (χ0n) is 19.6. The van der Waals surface area contributed by atoms with Gasteiger partial charge in [0.05, 0.1) is 7.11 Å². The third-order valence-corrected chi connectivity index (χ3v) is 7.12. The number of benzene rings is 2. The van der Waals surface area contributed by atoms with Crippen molar-refractivity contribution in [1.82, 2.24) is 0 Å². The molecule has 33 heavy (non-hydrogen) atoms. The van der Waals surface area contributed by atoms with Crippen LogP contribution in [0.4, 0.5) is 0 Å². The predicted octanol–water partition coefficient (Wildman–Crippen LogP) is 5.34. The van der Waals surface area contributed by atoms with Gasteiger partial charge in [-0.05, 0) is 62.5 Å². The van der Waals surface area contributed by atoms with Crippen molar-refractivity contribution < 1.29 is 27.2 Å². The van der Waals surface area contributed by atoms with Crippen molar-refractivity contribution in [3.8, 4) is 29.1 Å². The van der Waals surface area contributed by atoms with E-state index in [0.29, 0.717) is 36.1 Å². The number of thioether (sulfide) groups is 1. The van der Waals surface area contributed by atoms with E-state index in [1.807, 2.05) is 20.8 Å². The van der Waals surface area contributed by atoms with Gasteiger partial charge in [0.1, 0.15) is 10.6 Å². The summed E-state index contributed by atoms with van der Waals surface area (Å²) in [6.45, 7) is 7.35. The van der Waals surface area contributed by atoms with E-state index in [1.165, 1.54) is 19.2 Å². The predicted molar refractivity (Wildman–Crippen MR) is 132 cm³/mol. The fourth-order valence-corrected chi connectivity index (χ4v) is 4.77. The van der Waals surface area contributed by atoms with Gasteiger partial charge >= 0.3 is 10.1 Å². The van der Waals surface area contributed by atoms with E-state index in [-0.39, 0.29) is 33.2 Å². The van der Waals surface area contributed by atoms with Crippen LogP contribution in [0.15, 0.2) is 35.2 Å². The molecule has 8 heteroatoms. The lowest BCUT2D eigenvalue weighted by Crippen LogP contribution is -2.12. The summed E-state index contributed by atoms with van der Waals surface area (Å²) in [5, 5.41) is 10.7. The van der Waals surface area contributed by atoms with E-state index >= 15 is 0 Å². The third-order valence-electron chi connectivity index (χ3n) is 5.21. The van der Waals surface area contributed by atoms with Gasteiger partial charge in [-0.1, -0.05) is 49.2 Å². The van der Waals surface area contributed by atoms with Crippen molar-refractivity contribution in [2.24, 2.45) is 0 Å². The highest BCUT2D eigenvalue weighted by Crippen LogP contribution is 2.45. The summed E-state index contributed by atoms with van der Waals surface area (Å²) in [4.78, 5) is 11.6. The minimum Gasteiger partial charge on any atom is -0.504 e. The molecule has 2 aromatic carbocycles. The van der Waals surface area contributed by atoms with Crippen LogP contribution in [-0.4, -0.2) is 31.5 Å². The zero-order chi connectivity index (χ0) is 24.6. The highest BCUT2D eigenvalue weighted by atomic mass is 32.2. The minimum absolute atomic E-state index is 0.0398. The summed E-state index contributed by atoms with van der Waals surface area (Å²) in [5.74, 6) is 6.25. The van der Waals surface area contributed by atoms with Crippen molar-refractivity contribution in [2.45, 2.75) is 57.8 Å². The fraction of sp³-hybridized carbons (Fsp3) is 0.400. The molecule has 0 aliphatic heterocycles. The Morgan fingerprint density at radius 2 is 1.85 bits per heavy atom. The first kappa shape index (κ1) is 26.6. The Balaban J connectivity index is 2.38. The summed E-state index contributed by atoms with van der Waals surface area (Å²) >= 11 is 1.16. The molecule has 0 heterocycles. The number of hydrogen-bond acceptors (Lipinski definition) is 7. The maximum absolute atomic E-state index is 12.9. The van der Waals surface area contributed by atoms with Crippen LogP contribution in [0.25, 0.3) is 0 Å². The molecule has 0 fully saturated rings. The molecule has 0 spiro atoms. The van der Waals surface area contributed by atoms with Gasteiger partial charge in [0.2, 0.25) is 0 Å². The second kappa shape index (κ2) is 12.0. The Morgan fingerprint density at radius 3 is 2.42 bits per heavy atom. The SMILES string of the molecule is CCSC(=O)C#CCCC(CC)c1cc(OS(=O)(=O)c2ccc(C)cc2)c(C)c(OC)c1O. The van der Waals surface area contributed by atoms with Gasteiger partial charge in [0.25, 0.3) is 5.12 Å². The number of hydrogen-bond donors (Lipinski definition) is 1. The normalized spacial score (nSPS) is 11.9. The van der Waals surface area contributed by atoms with Crippen LogP contribution in [0.5, 0.6) is 17.2 Å². The standard InChI is InChI=1S/C25H30O6S2/c1-6-19(10-8-9-11-23(26)32-7-2)21-16-22(18(4)25(30-5)24(21)27)31-33(28,29)20-14-12-17(3)13-15-20/h12-16,19,27H,6-8,10H2,1-5H3. The Kier molecular flexibility index (Phi) is 9.69. The maximum atomic E-state index is 12.9. The zero-order valence-corrected chi connectivity index (χ0v) is 21.2. The molecule has 0 aliphatic carbocycles. The summed E-state index contributed by atoms with van der Waals surface area (Å²) in [7, 11) is -2.66. The number of methoxy groups -OCH3 is 1. The lowest BCUT2D eigenvalue weighted by molar-refractivity contribution is -0.106. The van der Waals surface area contributed by atoms with Crippen LogP contribution >= 0.6 is 11.8 Å². The summed E-state index contributed by atoms with van der Waals surface area (Å²) in [6, 6.07) is 7.93. The molecule has 0 bridgehead atoms. The van der Waals surface area contributed by atoms with E-state index in [4.69, 9.17) is 8.92 Å². The Hall–Kier alpha value is -2.63. The average Bonchev–Trinajstić information content (AvgIpc) is 2.77. The minimum atomic E-state index is -4.07. The Labute approximate surface area is 200 Å². The molecule has 0 saturated heterocycles. The molecule has 2 aromatic rings. The molecule has 178 valence electrons. The van der Waals surface area contributed by atoms with Crippen molar-refractivity contribution in [1.29, 1.82) is 0 Å². The largest absolute Gasteiger partial charge is 0.504 e. The third kappa shape index (κ3) is 6.92. The topological polar surface area (TPSA) is 89.9 Å². The highest BCUT2D eigenvalue weighted by Gasteiger charge is 2.25. The number of phenols is 1. The van der Waals surface area contributed by atoms with Crippen molar-refractivity contribution in [3.05, 3.63) is 47.0 Å². The molecule has 2 rings (SSSR count). The van der Waals surface area contributed by atoms with Gasteiger partial charge in [0.15, 0.2) is 11.5 Å². The molecule has 0 saturated carbocycles. The lowest BCUT2D eigenvalue weighted by Gasteiger charge is -2.21. The van der Waals surface area contributed by atoms with E-state index in [2.05, 4.69) is 11.8 Å². The maximum Gasteiger partial charge on any atom is 0.339 e. The van der Waals surface area contributed by atoms with Gasteiger partial charge in [-0.3, -0.25) is 4.79 Å². The lowest BCUT2D eigenvalue weighted by atomic mass is 9.90. The molecule has 0 aliphatic rings. The molecular formula is C25H30O6S2. The highest BCUT2D eigenvalue weighted by molar-refractivity contribution is 8.14. The van der Waals surface area contributed by atoms with Gasteiger partial charge in [-0.25, -0.2) is 0 Å². The monoisotopic (exact) mass is 490 g/mol. The second-order valence-corrected chi connectivity index (χ2v) is 10.3. The first-order valence-corrected chi connectivity index (χ1v) is 13.1. The summed E-state index contributed by atoms with van der Waals surface area (Å²) < 4.78 is 36.6. The molecule has 0 aromatic heterocycles. The molecule has 6 nitrogen and oxygen atoms in total. The first-order valence-electron chi connectivity index (χ1n) is 10.7. The molecule has 1 atom stereocenters. The van der Waals surface area contributed by atoms with Crippen LogP contribution in [0, 0.1) is 25.7 Å². The molecule has 1 N–H and O–H groups in total. The van der Waals surface area contributed by atoms with Crippen LogP contribution in [0.2, 0.25) is 0 Å². The van der Waals surface area contributed by atoms with Gasteiger partial charge in [0, 0.05) is 17.5 Å². The molecule has 0 radical (unpaired) electrons. The van der Waals surface area contributed by atoms with Crippen molar-refractivity contribution >= 4 is 27.0 Å². The van der Waals surface area contributed by atoms with Crippen LogP contribution in [0.3, 0.4) is 0 Å². The fourth-order valence-electron chi connectivity index (χ4n) is 3.38. The number of phenolic OH excluding ortho intramolecular Hbond substituents is 1. The van der Waals surface area contributed by atoms with Crippen LogP contribution in [0.1, 0.15) is 55.7 Å². The number of aromatic hydroxyl groups is 1. The molecule has 0 amide bonds. The number of aryl methyl sites for hydroxylation is 1. The van der Waals surface area contributed by atoms with Crippen molar-refractivity contribution in [2.75, 3.05) is 12.9 Å². The summed E-state index contributed by atoms with van der Waals surface area (Å²) in [5.41, 5.74) is 1.83. The number of carbonyl (C=O) groups excluding carboxylic acids is 1. The van der Waals surface area contributed by atoms with Crippen LogP contribution < -0.4 is 8.92 Å². The van der Waals surface area contributed by atoms with E-state index in [1.54, 1.807) is 25.1 Å². The van der Waals surface area contributed by atoms with Crippen LogP contribution in [-0.2, 0) is 14.9 Å². The molecule has 1 unspecified atom stereocenters. The smallest absolute Gasteiger partial charge is 0.339 e. The quantitative estimate of drug-likeness (QED) is 0.375. The molecular weight excluding hydrogens is 460 g/mol. The number of ether oxygens (including phenoxy) is 1. The van der Waals surface area contributed by atoms with E-state index in [9.17, 15) is 18.3 Å². The number of rotatable bonds is 9. The van der Waals surface area contributed by atoms with Crippen molar-refractivity contribution in [3.63, 3.8) is 0 Å². The Bertz CT molecular complexity index is 1140. The Morgan fingerprint density at radius 1 is 1.18 bits per heavy atom. The van der Waals surface area contributed by atoms with E-state index < -0.39 is 10.1 Å². The van der Waals surface area contributed by atoms with Gasteiger partial charge < -0.3 is 14.0 Å². The van der Waals surface area contributed by atoms with Gasteiger partial charge in [-0.2, -0.15) is 8.42 Å². The van der Waals surface area contributed by atoms with E-state index in [0.717, 1.165) is 17.3 Å². The second-order valence-electron chi connectivity index (χ2n) is 7.49.